The third-order valence-electron chi connectivity index (χ3n) is 4.02. The van der Waals surface area contributed by atoms with Crippen LogP contribution in [0.5, 0.6) is 0 Å². The molecule has 5 heteroatoms. The standard InChI is InChI=1S/C14H16ClN3O/c1-10-14(2,8-9-19-10)18-12(16-17-13(18)15)11-6-4-3-5-7-11/h3-7,10H,8-9H2,1-2H3. The van der Waals surface area contributed by atoms with Gasteiger partial charge in [-0.05, 0) is 31.9 Å². The van der Waals surface area contributed by atoms with Crippen LogP contribution in [0.2, 0.25) is 5.28 Å². The highest BCUT2D eigenvalue weighted by Crippen LogP contribution is 2.38. The number of ether oxygens (including phenoxy) is 1. The van der Waals surface area contributed by atoms with Crippen LogP contribution in [0.1, 0.15) is 20.3 Å². The van der Waals surface area contributed by atoms with Gasteiger partial charge in [0.05, 0.1) is 11.6 Å². The van der Waals surface area contributed by atoms with Gasteiger partial charge in [0.1, 0.15) is 0 Å². The molecule has 1 saturated heterocycles. The highest BCUT2D eigenvalue weighted by Gasteiger charge is 2.42. The lowest BCUT2D eigenvalue weighted by Crippen LogP contribution is -2.37. The smallest absolute Gasteiger partial charge is 0.225 e. The normalized spacial score (nSPS) is 26.8. The van der Waals surface area contributed by atoms with Gasteiger partial charge in [0.25, 0.3) is 0 Å². The summed E-state index contributed by atoms with van der Waals surface area (Å²) in [5.41, 5.74) is 0.813. The van der Waals surface area contributed by atoms with Crippen LogP contribution in [0.4, 0.5) is 0 Å². The van der Waals surface area contributed by atoms with E-state index in [0.717, 1.165) is 24.4 Å². The summed E-state index contributed by atoms with van der Waals surface area (Å²) in [5, 5.41) is 8.69. The predicted octanol–water partition coefficient (Wildman–Crippen LogP) is 3.12. The summed E-state index contributed by atoms with van der Waals surface area (Å²) in [6.07, 6.45) is 0.995. The fourth-order valence-corrected chi connectivity index (χ4v) is 2.92. The van der Waals surface area contributed by atoms with Gasteiger partial charge < -0.3 is 4.74 Å². The first kappa shape index (κ1) is 12.6. The molecule has 1 aliphatic rings. The predicted molar refractivity (Wildman–Crippen MR) is 74.1 cm³/mol. The van der Waals surface area contributed by atoms with Crippen molar-refractivity contribution in [1.29, 1.82) is 0 Å². The molecule has 1 aromatic carbocycles. The number of rotatable bonds is 2. The molecule has 1 aromatic heterocycles. The molecule has 3 rings (SSSR count). The molecule has 0 bridgehead atoms. The zero-order chi connectivity index (χ0) is 13.5. The molecule has 2 heterocycles. The van der Waals surface area contributed by atoms with E-state index in [4.69, 9.17) is 16.3 Å². The molecular formula is C14H16ClN3O. The van der Waals surface area contributed by atoms with E-state index >= 15 is 0 Å². The minimum atomic E-state index is -0.203. The summed E-state index contributed by atoms with van der Waals surface area (Å²) >= 11 is 6.26. The molecule has 1 aliphatic heterocycles. The molecule has 100 valence electrons. The first-order valence-electron chi connectivity index (χ1n) is 6.41. The SMILES string of the molecule is CC1OCCC1(C)n1c(Cl)nnc1-c1ccccc1. The first-order chi connectivity index (χ1) is 9.13. The van der Waals surface area contributed by atoms with Crippen molar-refractivity contribution in [3.8, 4) is 11.4 Å². The van der Waals surface area contributed by atoms with Crippen LogP contribution in [0.3, 0.4) is 0 Å². The number of aromatic nitrogens is 3. The molecule has 0 saturated carbocycles. The third kappa shape index (κ3) is 1.95. The van der Waals surface area contributed by atoms with Crippen LogP contribution >= 0.6 is 11.6 Å². The molecule has 0 aliphatic carbocycles. The Balaban J connectivity index is 2.15. The quantitative estimate of drug-likeness (QED) is 0.847. The van der Waals surface area contributed by atoms with Gasteiger partial charge in [-0.25, -0.2) is 0 Å². The lowest BCUT2D eigenvalue weighted by Gasteiger charge is -2.31. The Bertz CT molecular complexity index is 584. The highest BCUT2D eigenvalue weighted by molar-refractivity contribution is 6.28. The Morgan fingerprint density at radius 1 is 1.32 bits per heavy atom. The van der Waals surface area contributed by atoms with Crippen molar-refractivity contribution in [3.05, 3.63) is 35.6 Å². The van der Waals surface area contributed by atoms with Crippen molar-refractivity contribution < 1.29 is 4.74 Å². The maximum absolute atomic E-state index is 6.26. The monoisotopic (exact) mass is 277 g/mol. The fraction of sp³-hybridized carbons (Fsp3) is 0.429. The average molecular weight is 278 g/mol. The lowest BCUT2D eigenvalue weighted by molar-refractivity contribution is 0.0765. The van der Waals surface area contributed by atoms with Crippen molar-refractivity contribution in [2.75, 3.05) is 6.61 Å². The zero-order valence-corrected chi connectivity index (χ0v) is 11.8. The molecule has 2 atom stereocenters. The van der Waals surface area contributed by atoms with E-state index in [1.54, 1.807) is 0 Å². The maximum atomic E-state index is 6.26. The third-order valence-corrected chi connectivity index (χ3v) is 4.26. The van der Waals surface area contributed by atoms with Crippen molar-refractivity contribution in [3.63, 3.8) is 0 Å². The van der Waals surface area contributed by atoms with Gasteiger partial charge in [-0.15, -0.1) is 10.2 Å². The van der Waals surface area contributed by atoms with E-state index < -0.39 is 0 Å². The molecule has 2 unspecified atom stereocenters. The summed E-state index contributed by atoms with van der Waals surface area (Å²) in [6.45, 7) is 4.95. The maximum Gasteiger partial charge on any atom is 0.225 e. The van der Waals surface area contributed by atoms with Crippen LogP contribution in [0.25, 0.3) is 11.4 Å². The van der Waals surface area contributed by atoms with Gasteiger partial charge in [0.2, 0.25) is 5.28 Å². The Hall–Kier alpha value is -1.39. The number of benzene rings is 1. The fourth-order valence-electron chi connectivity index (χ4n) is 2.61. The van der Waals surface area contributed by atoms with Gasteiger partial charge >= 0.3 is 0 Å². The Morgan fingerprint density at radius 3 is 2.68 bits per heavy atom. The number of hydrogen-bond donors (Lipinski definition) is 0. The van der Waals surface area contributed by atoms with Gasteiger partial charge in [-0.2, -0.15) is 0 Å². The summed E-state index contributed by atoms with van der Waals surface area (Å²) < 4.78 is 7.70. The zero-order valence-electron chi connectivity index (χ0n) is 11.0. The topological polar surface area (TPSA) is 39.9 Å². The van der Waals surface area contributed by atoms with Gasteiger partial charge in [0, 0.05) is 12.2 Å². The number of nitrogens with zero attached hydrogens (tertiary/aromatic N) is 3. The average Bonchev–Trinajstić information content (AvgIpc) is 2.96. The molecule has 0 radical (unpaired) electrons. The van der Waals surface area contributed by atoms with E-state index in [1.165, 1.54) is 0 Å². The Morgan fingerprint density at radius 2 is 2.05 bits per heavy atom. The largest absolute Gasteiger partial charge is 0.376 e. The minimum absolute atomic E-state index is 0.0865. The molecule has 0 amide bonds. The lowest BCUT2D eigenvalue weighted by atomic mass is 9.94. The van der Waals surface area contributed by atoms with Crippen LogP contribution in [-0.4, -0.2) is 27.5 Å². The molecule has 19 heavy (non-hydrogen) atoms. The molecule has 4 nitrogen and oxygen atoms in total. The number of hydrogen-bond acceptors (Lipinski definition) is 3. The van der Waals surface area contributed by atoms with Crippen LogP contribution in [0, 0.1) is 0 Å². The summed E-state index contributed by atoms with van der Waals surface area (Å²) in [5.74, 6) is 0.797. The van der Waals surface area contributed by atoms with E-state index in [2.05, 4.69) is 24.0 Å². The van der Waals surface area contributed by atoms with E-state index in [1.807, 2.05) is 34.9 Å². The Kier molecular flexibility index (Phi) is 3.07. The van der Waals surface area contributed by atoms with E-state index in [0.29, 0.717) is 5.28 Å². The summed E-state index contributed by atoms with van der Waals surface area (Å²) in [7, 11) is 0. The molecule has 2 aromatic rings. The molecule has 0 N–H and O–H groups in total. The van der Waals surface area contributed by atoms with Crippen LogP contribution in [0.15, 0.2) is 30.3 Å². The number of halogens is 1. The van der Waals surface area contributed by atoms with E-state index in [9.17, 15) is 0 Å². The minimum Gasteiger partial charge on any atom is -0.376 e. The van der Waals surface area contributed by atoms with Gasteiger partial charge in [-0.1, -0.05) is 30.3 Å². The molecular weight excluding hydrogens is 262 g/mol. The second-order valence-corrected chi connectivity index (χ2v) is 5.45. The highest BCUT2D eigenvalue weighted by atomic mass is 35.5. The van der Waals surface area contributed by atoms with E-state index in [-0.39, 0.29) is 11.6 Å². The Labute approximate surface area is 117 Å². The van der Waals surface area contributed by atoms with Crippen molar-refractivity contribution in [2.24, 2.45) is 0 Å². The molecule has 1 fully saturated rings. The summed E-state index contributed by atoms with van der Waals surface area (Å²) in [4.78, 5) is 0. The van der Waals surface area contributed by atoms with Crippen LogP contribution < -0.4 is 0 Å². The van der Waals surface area contributed by atoms with Crippen molar-refractivity contribution >= 4 is 11.6 Å². The second kappa shape index (κ2) is 4.62. The van der Waals surface area contributed by atoms with Gasteiger partial charge in [0.15, 0.2) is 5.82 Å². The van der Waals surface area contributed by atoms with Gasteiger partial charge in [-0.3, -0.25) is 4.57 Å². The second-order valence-electron chi connectivity index (χ2n) is 5.11. The first-order valence-corrected chi connectivity index (χ1v) is 6.79. The van der Waals surface area contributed by atoms with Crippen LogP contribution in [-0.2, 0) is 10.3 Å². The van der Waals surface area contributed by atoms with Crippen molar-refractivity contribution in [1.82, 2.24) is 14.8 Å². The molecule has 0 spiro atoms. The summed E-state index contributed by atoms with van der Waals surface area (Å²) in [6, 6.07) is 9.98. The van der Waals surface area contributed by atoms with Crippen molar-refractivity contribution in [2.45, 2.75) is 31.9 Å².